The molecule has 0 saturated heterocycles. The van der Waals surface area contributed by atoms with E-state index in [1.807, 2.05) is 0 Å². The van der Waals surface area contributed by atoms with E-state index in [0.29, 0.717) is 0 Å². The van der Waals surface area contributed by atoms with Crippen LogP contribution in [0.2, 0.25) is 0 Å². The lowest BCUT2D eigenvalue weighted by Gasteiger charge is -2.25. The van der Waals surface area contributed by atoms with Crippen LogP contribution in [0.5, 0.6) is 0 Å². The summed E-state index contributed by atoms with van der Waals surface area (Å²) >= 11 is 0. The lowest BCUT2D eigenvalue weighted by molar-refractivity contribution is 0.663. The van der Waals surface area contributed by atoms with E-state index >= 15 is 0 Å². The van der Waals surface area contributed by atoms with E-state index in [1.54, 1.807) is 0 Å². The molecule has 13 aromatic carbocycles. The highest BCUT2D eigenvalue weighted by molar-refractivity contribution is 6.25. The van der Waals surface area contributed by atoms with E-state index in [0.717, 1.165) is 43.8 Å². The van der Waals surface area contributed by atoms with Crippen LogP contribution in [0.3, 0.4) is 0 Å². The SMILES string of the molecule is [2H]C([2H])C1(C)c2cc(-c3c4ccccc4c(-c4ccc5ccccc5c4)c4ccccc34)cc3ccc4cc(-c5c6ccccc6c(-c6ccc7ccccc7c6)c6ccccc56)cc1c4c23. The van der Waals surface area contributed by atoms with Crippen LogP contribution in [0, 0.1) is 0 Å². The number of rotatable bonds is 4. The summed E-state index contributed by atoms with van der Waals surface area (Å²) in [6, 6.07) is 80.2. The maximum Gasteiger partial charge on any atom is 0.0243 e. The van der Waals surface area contributed by atoms with Crippen LogP contribution < -0.4 is 0 Å². The van der Waals surface area contributed by atoms with Gasteiger partial charge in [0.15, 0.2) is 0 Å². The average Bonchev–Trinajstić information content (AvgIpc) is 3.64. The van der Waals surface area contributed by atoms with Gasteiger partial charge >= 0.3 is 0 Å². The second-order valence-corrected chi connectivity index (χ2v) is 18.3. The molecule has 0 bridgehead atoms. The lowest BCUT2D eigenvalue weighted by atomic mass is 9.78. The van der Waals surface area contributed by atoms with E-state index in [4.69, 9.17) is 0 Å². The van der Waals surface area contributed by atoms with Gasteiger partial charge in [0.25, 0.3) is 0 Å². The molecule has 13 aromatic rings. The minimum Gasteiger partial charge on any atom is -0.0616 e. The summed E-state index contributed by atoms with van der Waals surface area (Å²) < 4.78 is 19.0. The Labute approximate surface area is 380 Å². The zero-order valence-electron chi connectivity index (χ0n) is 37.9. The number of hydrogen-bond donors (Lipinski definition) is 0. The van der Waals surface area contributed by atoms with Crippen molar-refractivity contribution in [2.24, 2.45) is 0 Å². The molecule has 0 spiro atoms. The fraction of sp³-hybridized carbons (Fsp3) is 0.0462. The van der Waals surface area contributed by atoms with Crippen LogP contribution >= 0.6 is 0 Å². The fourth-order valence-electron chi connectivity index (χ4n) is 11.8. The van der Waals surface area contributed by atoms with Crippen molar-refractivity contribution in [3.63, 3.8) is 0 Å². The van der Waals surface area contributed by atoms with Crippen LogP contribution in [0.25, 0.3) is 131 Å². The van der Waals surface area contributed by atoms with Gasteiger partial charge in [0.2, 0.25) is 0 Å². The second kappa shape index (κ2) is 13.5. The van der Waals surface area contributed by atoms with E-state index in [1.165, 1.54) is 98.0 Å². The zero-order chi connectivity index (χ0) is 44.5. The first-order valence-electron chi connectivity index (χ1n) is 23.9. The van der Waals surface area contributed by atoms with Crippen molar-refractivity contribution in [3.8, 4) is 44.5 Å². The molecule has 1 aliphatic carbocycles. The van der Waals surface area contributed by atoms with Gasteiger partial charge in [0.05, 0.1) is 0 Å². The largest absolute Gasteiger partial charge is 0.0616 e. The molecule has 0 atom stereocenters. The molecule has 1 aliphatic rings. The standard InChI is InChI=1S/C65H42/c1-65(2)57-37-47(61-53-23-11-7-19-49(53)59(50-20-8-12-24-54(50)61)43-29-27-39-15-3-5-17-41(39)33-43)35-45-31-32-46-36-48(38-58(65)64(46)63(45)57)62-55-25-13-9-21-51(55)60(52-22-10-14-26-56(52)62)44-30-28-40-16-4-6-18-42(40)34-44/h3-38H,1-2H3/i1D2. The number of benzene rings is 13. The normalized spacial score (nSPS) is 13.7. The Morgan fingerprint density at radius 3 is 0.892 bits per heavy atom. The minimum atomic E-state index is -1.16. The molecule has 0 radical (unpaired) electrons. The molecule has 65 heavy (non-hydrogen) atoms. The molecule has 0 unspecified atom stereocenters. The third kappa shape index (κ3) is 5.20. The van der Waals surface area contributed by atoms with Gasteiger partial charge in [-0.05, 0) is 178 Å². The zero-order valence-corrected chi connectivity index (χ0v) is 35.9. The van der Waals surface area contributed by atoms with Gasteiger partial charge in [-0.1, -0.05) is 196 Å². The summed E-state index contributed by atoms with van der Waals surface area (Å²) in [6.45, 7) is 0.983. The molecule has 14 rings (SSSR count). The third-order valence-electron chi connectivity index (χ3n) is 14.7. The average molecular weight is 825 g/mol. The Balaban J connectivity index is 0.998. The first-order valence-corrected chi connectivity index (χ1v) is 22.7. The van der Waals surface area contributed by atoms with E-state index in [-0.39, 0.29) is 0 Å². The molecule has 0 aliphatic heterocycles. The van der Waals surface area contributed by atoms with Gasteiger partial charge < -0.3 is 0 Å². The molecule has 0 amide bonds. The Morgan fingerprint density at radius 1 is 0.277 bits per heavy atom. The van der Waals surface area contributed by atoms with Crippen molar-refractivity contribution in [2.45, 2.75) is 19.2 Å². The van der Waals surface area contributed by atoms with Crippen molar-refractivity contribution >= 4 is 86.2 Å². The predicted molar refractivity (Wildman–Crippen MR) is 280 cm³/mol. The monoisotopic (exact) mass is 824 g/mol. The molecule has 0 nitrogen and oxygen atoms in total. The summed E-state index contributed by atoms with van der Waals surface area (Å²) in [5.74, 6) is 0. The molecular weight excluding hydrogens is 781 g/mol. The fourth-order valence-corrected chi connectivity index (χ4v) is 11.8. The topological polar surface area (TPSA) is 0 Å². The summed E-state index contributed by atoms with van der Waals surface area (Å²) in [5.41, 5.74) is 10.7. The third-order valence-corrected chi connectivity index (χ3v) is 14.7. The molecule has 0 aromatic heterocycles. The van der Waals surface area contributed by atoms with Gasteiger partial charge in [-0.25, -0.2) is 0 Å². The van der Waals surface area contributed by atoms with Crippen molar-refractivity contribution in [2.75, 3.05) is 0 Å². The molecule has 302 valence electrons. The van der Waals surface area contributed by atoms with Gasteiger partial charge in [-0.2, -0.15) is 0 Å². The number of fused-ring (bicyclic) bond motifs is 6. The minimum absolute atomic E-state index is 0.903. The highest BCUT2D eigenvalue weighted by Crippen LogP contribution is 2.54. The Kier molecular flexibility index (Phi) is 7.14. The lowest BCUT2D eigenvalue weighted by Crippen LogP contribution is -2.15. The number of hydrogen-bond acceptors (Lipinski definition) is 0. The van der Waals surface area contributed by atoms with Crippen LogP contribution in [-0.4, -0.2) is 0 Å². The van der Waals surface area contributed by atoms with E-state index in [9.17, 15) is 2.74 Å². The van der Waals surface area contributed by atoms with Crippen LogP contribution in [0.4, 0.5) is 0 Å². The summed E-state index contributed by atoms with van der Waals surface area (Å²) in [4.78, 5) is 0. The summed E-state index contributed by atoms with van der Waals surface area (Å²) in [5, 5.41) is 19.1. The summed E-state index contributed by atoms with van der Waals surface area (Å²) in [6.07, 6.45) is 0. The molecule has 0 N–H and O–H groups in total. The second-order valence-electron chi connectivity index (χ2n) is 18.3. The quantitative estimate of drug-likeness (QED) is 0.122. The maximum atomic E-state index is 9.48. The Morgan fingerprint density at radius 2 is 0.554 bits per heavy atom. The first-order chi connectivity index (χ1) is 32.9. The van der Waals surface area contributed by atoms with Crippen molar-refractivity contribution in [1.29, 1.82) is 0 Å². The van der Waals surface area contributed by atoms with Crippen molar-refractivity contribution in [3.05, 3.63) is 230 Å². The van der Waals surface area contributed by atoms with Crippen LogP contribution in [-0.2, 0) is 5.41 Å². The highest BCUT2D eigenvalue weighted by atomic mass is 14.4. The molecular formula is C65H42. The maximum absolute atomic E-state index is 9.48. The molecule has 0 heterocycles. The van der Waals surface area contributed by atoms with Gasteiger partial charge in [-0.15, -0.1) is 0 Å². The van der Waals surface area contributed by atoms with E-state index < -0.39 is 12.3 Å². The van der Waals surface area contributed by atoms with Crippen molar-refractivity contribution in [1.82, 2.24) is 0 Å². The highest BCUT2D eigenvalue weighted by Gasteiger charge is 2.36. The van der Waals surface area contributed by atoms with E-state index in [2.05, 4.69) is 225 Å². The van der Waals surface area contributed by atoms with Crippen LogP contribution in [0.15, 0.2) is 218 Å². The smallest absolute Gasteiger partial charge is 0.0243 e. The van der Waals surface area contributed by atoms with Crippen molar-refractivity contribution < 1.29 is 2.74 Å². The molecule has 0 saturated carbocycles. The molecule has 0 fully saturated rings. The Hall–Kier alpha value is -8.06. The van der Waals surface area contributed by atoms with Gasteiger partial charge in [0.1, 0.15) is 0 Å². The van der Waals surface area contributed by atoms with Crippen LogP contribution in [0.1, 0.15) is 27.7 Å². The first kappa shape index (κ1) is 34.4. The van der Waals surface area contributed by atoms with Gasteiger partial charge in [0, 0.05) is 8.16 Å². The predicted octanol–water partition coefficient (Wildman–Crippen LogP) is 18.2. The Bertz CT molecular complexity index is 3890. The molecule has 0 heteroatoms. The summed E-state index contributed by atoms with van der Waals surface area (Å²) in [7, 11) is 0. The van der Waals surface area contributed by atoms with Gasteiger partial charge in [-0.3, -0.25) is 0 Å².